The third-order valence-electron chi connectivity index (χ3n) is 5.19. The summed E-state index contributed by atoms with van der Waals surface area (Å²) in [7, 11) is 0. The van der Waals surface area contributed by atoms with Gasteiger partial charge in [0, 0.05) is 39.4 Å². The van der Waals surface area contributed by atoms with E-state index < -0.39 is 30.4 Å². The second-order valence-electron chi connectivity index (χ2n) is 7.32. The van der Waals surface area contributed by atoms with E-state index in [9.17, 15) is 19.7 Å². The van der Waals surface area contributed by atoms with Gasteiger partial charge in [-0.25, -0.2) is 4.98 Å². The Hall–Kier alpha value is -1.87. The van der Waals surface area contributed by atoms with Crippen molar-refractivity contribution in [1.29, 1.82) is 0 Å². The molecule has 3 heterocycles. The standard InChI is InChI=1S/C22H21ClFNO4S/c23-17-4-1-12(22-21(28)18(27)9-15(11-26)29-22)7-14(17)8-16-3-5-19(30-16)13-2-6-20(24)25-10-13/h1-7,10,15,18,21-22,26-28H,8-9,11H2/t15-,18-,21+,22-/m0/s1. The fourth-order valence-electron chi connectivity index (χ4n) is 3.59. The highest BCUT2D eigenvalue weighted by Crippen LogP contribution is 2.35. The Kier molecular flexibility index (Phi) is 6.48. The van der Waals surface area contributed by atoms with Crippen LogP contribution in [0.4, 0.5) is 4.39 Å². The average molecular weight is 450 g/mol. The number of hydrogen-bond donors (Lipinski definition) is 3. The fraction of sp³-hybridized carbons (Fsp3) is 0.318. The molecule has 0 spiro atoms. The smallest absolute Gasteiger partial charge is 0.212 e. The highest BCUT2D eigenvalue weighted by molar-refractivity contribution is 7.15. The van der Waals surface area contributed by atoms with Crippen LogP contribution in [0, 0.1) is 5.95 Å². The van der Waals surface area contributed by atoms with Crippen LogP contribution in [0.1, 0.15) is 28.5 Å². The summed E-state index contributed by atoms with van der Waals surface area (Å²) in [6.07, 6.45) is -1.07. The molecule has 0 saturated carbocycles. The predicted molar refractivity (Wildman–Crippen MR) is 113 cm³/mol. The number of thiophene rings is 1. The van der Waals surface area contributed by atoms with Crippen LogP contribution in [-0.2, 0) is 11.2 Å². The Morgan fingerprint density at radius 3 is 2.73 bits per heavy atom. The lowest BCUT2D eigenvalue weighted by molar-refractivity contribution is -0.179. The molecular weight excluding hydrogens is 429 g/mol. The van der Waals surface area contributed by atoms with E-state index in [0.717, 1.165) is 20.9 Å². The zero-order valence-corrected chi connectivity index (χ0v) is 17.5. The van der Waals surface area contributed by atoms with Gasteiger partial charge in [0.05, 0.1) is 18.8 Å². The summed E-state index contributed by atoms with van der Waals surface area (Å²) in [5.74, 6) is -0.514. The van der Waals surface area contributed by atoms with Gasteiger partial charge in [-0.15, -0.1) is 11.3 Å². The van der Waals surface area contributed by atoms with Crippen LogP contribution in [0.2, 0.25) is 5.02 Å². The third-order valence-corrected chi connectivity index (χ3v) is 6.69. The van der Waals surface area contributed by atoms with E-state index in [-0.39, 0.29) is 13.0 Å². The molecule has 3 aromatic rings. The number of halogens is 2. The molecule has 0 aliphatic carbocycles. The van der Waals surface area contributed by atoms with Crippen molar-refractivity contribution in [3.05, 3.63) is 75.6 Å². The van der Waals surface area contributed by atoms with Crippen LogP contribution in [0.3, 0.4) is 0 Å². The first-order valence-electron chi connectivity index (χ1n) is 9.56. The van der Waals surface area contributed by atoms with Crippen LogP contribution < -0.4 is 0 Å². The Labute approximate surface area is 182 Å². The highest BCUT2D eigenvalue weighted by atomic mass is 35.5. The van der Waals surface area contributed by atoms with Crippen molar-refractivity contribution < 1.29 is 24.4 Å². The molecule has 8 heteroatoms. The van der Waals surface area contributed by atoms with Crippen LogP contribution >= 0.6 is 22.9 Å². The van der Waals surface area contributed by atoms with Gasteiger partial charge >= 0.3 is 0 Å². The number of aliphatic hydroxyl groups is 3. The number of hydrogen-bond acceptors (Lipinski definition) is 6. The maximum Gasteiger partial charge on any atom is 0.212 e. The molecule has 2 aromatic heterocycles. The number of rotatable bonds is 5. The zero-order valence-electron chi connectivity index (χ0n) is 15.9. The molecule has 0 radical (unpaired) electrons. The minimum absolute atomic E-state index is 0.185. The first-order valence-corrected chi connectivity index (χ1v) is 10.8. The van der Waals surface area contributed by atoms with Crippen molar-refractivity contribution in [3.8, 4) is 10.4 Å². The molecule has 30 heavy (non-hydrogen) atoms. The molecule has 4 rings (SSSR count). The molecular formula is C22H21ClFNO4S. The molecule has 1 aliphatic rings. The second-order valence-corrected chi connectivity index (χ2v) is 8.89. The molecule has 1 aliphatic heterocycles. The molecule has 1 aromatic carbocycles. The molecule has 1 fully saturated rings. The fourth-order valence-corrected chi connectivity index (χ4v) is 4.80. The lowest BCUT2D eigenvalue weighted by Crippen LogP contribution is -2.44. The van der Waals surface area contributed by atoms with E-state index in [2.05, 4.69) is 4.98 Å². The molecule has 1 saturated heterocycles. The van der Waals surface area contributed by atoms with E-state index in [1.54, 1.807) is 29.5 Å². The highest BCUT2D eigenvalue weighted by Gasteiger charge is 2.37. The molecule has 5 nitrogen and oxygen atoms in total. The summed E-state index contributed by atoms with van der Waals surface area (Å²) in [4.78, 5) is 5.73. The number of benzene rings is 1. The minimum atomic E-state index is -1.08. The van der Waals surface area contributed by atoms with Gasteiger partial charge in [0.25, 0.3) is 0 Å². The SMILES string of the molecule is OC[C@@H]1C[C@H](O)[C@@H](O)[C@H](c2ccc(Cl)c(Cc3ccc(-c4ccc(F)nc4)s3)c2)O1. The van der Waals surface area contributed by atoms with Crippen LogP contribution in [0.15, 0.2) is 48.7 Å². The predicted octanol–water partition coefficient (Wildman–Crippen LogP) is 3.74. The molecule has 0 amide bonds. The maximum absolute atomic E-state index is 13.0. The van der Waals surface area contributed by atoms with Crippen molar-refractivity contribution >= 4 is 22.9 Å². The normalized spacial score (nSPS) is 24.2. The Morgan fingerprint density at radius 2 is 2.00 bits per heavy atom. The van der Waals surface area contributed by atoms with E-state index in [1.807, 2.05) is 18.2 Å². The second kappa shape index (κ2) is 9.09. The molecule has 0 bridgehead atoms. The number of nitrogens with zero attached hydrogens (tertiary/aromatic N) is 1. The number of aliphatic hydroxyl groups excluding tert-OH is 3. The van der Waals surface area contributed by atoms with Gasteiger partial charge in [-0.2, -0.15) is 4.39 Å². The number of pyridine rings is 1. The van der Waals surface area contributed by atoms with Crippen molar-refractivity contribution in [3.63, 3.8) is 0 Å². The largest absolute Gasteiger partial charge is 0.394 e. The molecule has 3 N–H and O–H groups in total. The van der Waals surface area contributed by atoms with Gasteiger partial charge in [-0.3, -0.25) is 0 Å². The van der Waals surface area contributed by atoms with Crippen LogP contribution in [-0.4, -0.2) is 45.2 Å². The lowest BCUT2D eigenvalue weighted by Gasteiger charge is -2.37. The lowest BCUT2D eigenvalue weighted by atomic mass is 9.92. The van der Waals surface area contributed by atoms with Crippen LogP contribution in [0.5, 0.6) is 0 Å². The topological polar surface area (TPSA) is 82.8 Å². The molecule has 0 unspecified atom stereocenters. The summed E-state index contributed by atoms with van der Waals surface area (Å²) < 4.78 is 18.8. The van der Waals surface area contributed by atoms with Gasteiger partial charge in [0.1, 0.15) is 12.2 Å². The van der Waals surface area contributed by atoms with Gasteiger partial charge in [-0.05, 0) is 41.5 Å². The van der Waals surface area contributed by atoms with Gasteiger partial charge in [0.2, 0.25) is 5.95 Å². The van der Waals surface area contributed by atoms with E-state index in [1.165, 1.54) is 12.3 Å². The Balaban J connectivity index is 1.56. The number of ether oxygens (including phenoxy) is 1. The quantitative estimate of drug-likeness (QED) is 0.517. The first-order chi connectivity index (χ1) is 14.4. The summed E-state index contributed by atoms with van der Waals surface area (Å²) in [6.45, 7) is -0.225. The summed E-state index contributed by atoms with van der Waals surface area (Å²) in [6, 6.07) is 12.3. The van der Waals surface area contributed by atoms with E-state index in [0.29, 0.717) is 17.0 Å². The zero-order chi connectivity index (χ0) is 21.3. The average Bonchev–Trinajstić information content (AvgIpc) is 3.20. The third kappa shape index (κ3) is 4.56. The van der Waals surface area contributed by atoms with Crippen molar-refractivity contribution in [2.24, 2.45) is 0 Å². The number of aromatic nitrogens is 1. The Bertz CT molecular complexity index is 1010. The summed E-state index contributed by atoms with van der Waals surface area (Å²) in [5.41, 5.74) is 2.39. The summed E-state index contributed by atoms with van der Waals surface area (Å²) in [5, 5.41) is 30.5. The van der Waals surface area contributed by atoms with E-state index >= 15 is 0 Å². The van der Waals surface area contributed by atoms with Gasteiger partial charge in [-0.1, -0.05) is 23.7 Å². The maximum atomic E-state index is 13.0. The molecule has 4 atom stereocenters. The van der Waals surface area contributed by atoms with Crippen LogP contribution in [0.25, 0.3) is 10.4 Å². The van der Waals surface area contributed by atoms with Gasteiger partial charge < -0.3 is 20.1 Å². The van der Waals surface area contributed by atoms with E-state index in [4.69, 9.17) is 16.3 Å². The monoisotopic (exact) mass is 449 g/mol. The van der Waals surface area contributed by atoms with Crippen molar-refractivity contribution in [2.45, 2.75) is 37.3 Å². The minimum Gasteiger partial charge on any atom is -0.394 e. The molecule has 158 valence electrons. The first kappa shape index (κ1) is 21.4. The van der Waals surface area contributed by atoms with Crippen molar-refractivity contribution in [2.75, 3.05) is 6.61 Å². The van der Waals surface area contributed by atoms with Crippen molar-refractivity contribution in [1.82, 2.24) is 4.98 Å². The summed E-state index contributed by atoms with van der Waals surface area (Å²) >= 11 is 7.97. The Morgan fingerprint density at radius 1 is 1.17 bits per heavy atom. The van der Waals surface area contributed by atoms with Gasteiger partial charge in [0.15, 0.2) is 0 Å².